The van der Waals surface area contributed by atoms with Crippen LogP contribution in [0.5, 0.6) is 5.75 Å². The first kappa shape index (κ1) is 16.5. The molecule has 5 nitrogen and oxygen atoms in total. The lowest BCUT2D eigenvalue weighted by molar-refractivity contribution is -0.122. The molecule has 1 amide bonds. The van der Waals surface area contributed by atoms with E-state index in [0.717, 1.165) is 0 Å². The molecule has 23 heavy (non-hydrogen) atoms. The molecule has 2 aromatic rings. The third kappa shape index (κ3) is 4.54. The molecule has 0 spiro atoms. The van der Waals surface area contributed by atoms with Crippen molar-refractivity contribution >= 4 is 17.6 Å². The van der Waals surface area contributed by atoms with E-state index in [0.29, 0.717) is 17.9 Å². The van der Waals surface area contributed by atoms with E-state index in [-0.39, 0.29) is 17.3 Å². The van der Waals surface area contributed by atoms with Gasteiger partial charge >= 0.3 is 5.97 Å². The molecule has 120 valence electrons. The summed E-state index contributed by atoms with van der Waals surface area (Å²) in [6.45, 7) is 1.79. The molecule has 0 aliphatic carbocycles. The molecule has 6 heteroatoms. The highest BCUT2D eigenvalue weighted by Crippen LogP contribution is 2.16. The number of carboxylic acids is 1. The summed E-state index contributed by atoms with van der Waals surface area (Å²) in [5.74, 6) is -1.38. The Morgan fingerprint density at radius 1 is 1.13 bits per heavy atom. The van der Waals surface area contributed by atoms with Crippen LogP contribution in [0, 0.1) is 5.82 Å². The number of nitrogens with one attached hydrogen (secondary N) is 1. The van der Waals surface area contributed by atoms with Crippen molar-refractivity contribution in [3.05, 3.63) is 59.9 Å². The van der Waals surface area contributed by atoms with Gasteiger partial charge in [-0.2, -0.15) is 0 Å². The number of carbonyl (C=O) groups is 2. The van der Waals surface area contributed by atoms with Gasteiger partial charge < -0.3 is 15.2 Å². The number of anilines is 1. The van der Waals surface area contributed by atoms with Gasteiger partial charge in [-0.15, -0.1) is 0 Å². The average molecular weight is 317 g/mol. The first-order valence-corrected chi connectivity index (χ1v) is 7.06. The van der Waals surface area contributed by atoms with Crippen LogP contribution >= 0.6 is 0 Å². The van der Waals surface area contributed by atoms with Crippen LogP contribution in [0.2, 0.25) is 0 Å². The van der Waals surface area contributed by atoms with Crippen LogP contribution in [0.1, 0.15) is 23.7 Å². The summed E-state index contributed by atoms with van der Waals surface area (Å²) in [4.78, 5) is 23.0. The number of halogens is 1. The van der Waals surface area contributed by atoms with Gasteiger partial charge in [0.25, 0.3) is 5.91 Å². The topological polar surface area (TPSA) is 75.6 Å². The first-order chi connectivity index (χ1) is 11.0. The van der Waals surface area contributed by atoms with Gasteiger partial charge in [0.05, 0.1) is 5.56 Å². The van der Waals surface area contributed by atoms with Gasteiger partial charge in [0.15, 0.2) is 6.10 Å². The molecule has 2 aromatic carbocycles. The van der Waals surface area contributed by atoms with Gasteiger partial charge in [-0.05, 0) is 55.0 Å². The van der Waals surface area contributed by atoms with Gasteiger partial charge in [0.1, 0.15) is 11.6 Å². The predicted molar refractivity (Wildman–Crippen MR) is 83.1 cm³/mol. The molecule has 0 heterocycles. The largest absolute Gasteiger partial charge is 0.481 e. The van der Waals surface area contributed by atoms with Crippen LogP contribution in [-0.4, -0.2) is 23.1 Å². The second-order valence-corrected chi connectivity index (χ2v) is 4.84. The first-order valence-electron chi connectivity index (χ1n) is 7.06. The summed E-state index contributed by atoms with van der Waals surface area (Å²) >= 11 is 0. The van der Waals surface area contributed by atoms with E-state index in [2.05, 4.69) is 5.32 Å². The van der Waals surface area contributed by atoms with Gasteiger partial charge in [-0.1, -0.05) is 6.92 Å². The van der Waals surface area contributed by atoms with Crippen LogP contribution in [0.25, 0.3) is 0 Å². The van der Waals surface area contributed by atoms with Gasteiger partial charge in [-0.25, -0.2) is 9.18 Å². The minimum atomic E-state index is -1.03. The molecule has 0 aromatic heterocycles. The number of benzene rings is 2. The van der Waals surface area contributed by atoms with Crippen LogP contribution in [-0.2, 0) is 4.79 Å². The maximum Gasteiger partial charge on any atom is 0.335 e. The summed E-state index contributed by atoms with van der Waals surface area (Å²) in [6.07, 6.45) is -0.316. The number of aromatic carboxylic acids is 1. The van der Waals surface area contributed by atoms with E-state index in [1.54, 1.807) is 6.92 Å². The lowest BCUT2D eigenvalue weighted by Crippen LogP contribution is -2.32. The molecule has 0 radical (unpaired) electrons. The fraction of sp³-hybridized carbons (Fsp3) is 0.176. The highest BCUT2D eigenvalue weighted by molar-refractivity contribution is 5.94. The second-order valence-electron chi connectivity index (χ2n) is 4.84. The zero-order chi connectivity index (χ0) is 16.8. The van der Waals surface area contributed by atoms with Crippen LogP contribution in [0.3, 0.4) is 0 Å². The lowest BCUT2D eigenvalue weighted by atomic mass is 10.2. The molecule has 2 N–H and O–H groups in total. The van der Waals surface area contributed by atoms with Crippen molar-refractivity contribution in [2.24, 2.45) is 0 Å². The lowest BCUT2D eigenvalue weighted by Gasteiger charge is -2.17. The van der Waals surface area contributed by atoms with Crippen molar-refractivity contribution in [3.8, 4) is 5.75 Å². The smallest absolute Gasteiger partial charge is 0.335 e. The molecule has 1 unspecified atom stereocenters. The number of hydrogen-bond acceptors (Lipinski definition) is 3. The summed E-state index contributed by atoms with van der Waals surface area (Å²) in [7, 11) is 0. The molecule has 0 fully saturated rings. The highest BCUT2D eigenvalue weighted by Gasteiger charge is 2.18. The number of rotatable bonds is 6. The zero-order valence-electron chi connectivity index (χ0n) is 12.5. The Morgan fingerprint density at radius 2 is 1.74 bits per heavy atom. The molecular weight excluding hydrogens is 301 g/mol. The zero-order valence-corrected chi connectivity index (χ0v) is 12.5. The third-order valence-electron chi connectivity index (χ3n) is 3.15. The Balaban J connectivity index is 2.02. The van der Waals surface area contributed by atoms with E-state index in [4.69, 9.17) is 9.84 Å². The molecule has 0 aliphatic heterocycles. The molecule has 0 saturated heterocycles. The second kappa shape index (κ2) is 7.40. The minimum absolute atomic E-state index is 0.140. The van der Waals surface area contributed by atoms with Crippen molar-refractivity contribution < 1.29 is 23.8 Å². The van der Waals surface area contributed by atoms with Crippen LogP contribution in [0.4, 0.5) is 10.1 Å². The van der Waals surface area contributed by atoms with E-state index in [1.807, 2.05) is 0 Å². The Hall–Kier alpha value is -2.89. The maximum atomic E-state index is 12.8. The van der Waals surface area contributed by atoms with E-state index < -0.39 is 12.1 Å². The van der Waals surface area contributed by atoms with Gasteiger partial charge in [-0.3, -0.25) is 4.79 Å². The fourth-order valence-corrected chi connectivity index (χ4v) is 1.92. The quantitative estimate of drug-likeness (QED) is 0.857. The molecule has 1 atom stereocenters. The average Bonchev–Trinajstić information content (AvgIpc) is 2.55. The number of ether oxygens (including phenoxy) is 1. The Labute approximate surface area is 132 Å². The maximum absolute atomic E-state index is 12.8. The Morgan fingerprint density at radius 3 is 2.26 bits per heavy atom. The predicted octanol–water partition coefficient (Wildman–Crippen LogP) is 3.32. The summed E-state index contributed by atoms with van der Waals surface area (Å²) in [5, 5.41) is 11.5. The SMILES string of the molecule is CCC(Oc1ccc(C(=O)O)cc1)C(=O)Nc1ccc(F)cc1. The van der Waals surface area contributed by atoms with E-state index in [9.17, 15) is 14.0 Å². The third-order valence-corrected chi connectivity index (χ3v) is 3.15. The van der Waals surface area contributed by atoms with Crippen molar-refractivity contribution in [2.75, 3.05) is 5.32 Å². The van der Waals surface area contributed by atoms with Crippen LogP contribution in [0.15, 0.2) is 48.5 Å². The molecular formula is C17H16FNO4. The van der Waals surface area contributed by atoms with E-state index in [1.165, 1.54) is 48.5 Å². The number of amides is 1. The number of carbonyl (C=O) groups excluding carboxylic acids is 1. The Bertz CT molecular complexity index is 683. The molecule has 2 rings (SSSR count). The van der Waals surface area contributed by atoms with Crippen LogP contribution < -0.4 is 10.1 Å². The highest BCUT2D eigenvalue weighted by atomic mass is 19.1. The molecule has 0 saturated carbocycles. The summed E-state index contributed by atoms with van der Waals surface area (Å²) < 4.78 is 18.4. The molecule has 0 bridgehead atoms. The number of hydrogen-bond donors (Lipinski definition) is 2. The number of carboxylic acid groups (broad SMARTS) is 1. The van der Waals surface area contributed by atoms with Gasteiger partial charge in [0, 0.05) is 5.69 Å². The standard InChI is InChI=1S/C17H16FNO4/c1-2-15(16(20)19-13-7-5-12(18)6-8-13)23-14-9-3-11(4-10-14)17(21)22/h3-10,15H,2H2,1H3,(H,19,20)(H,21,22). The van der Waals surface area contributed by atoms with Crippen molar-refractivity contribution in [1.29, 1.82) is 0 Å². The normalized spacial score (nSPS) is 11.6. The van der Waals surface area contributed by atoms with Crippen molar-refractivity contribution in [1.82, 2.24) is 0 Å². The van der Waals surface area contributed by atoms with E-state index >= 15 is 0 Å². The summed E-state index contributed by atoms with van der Waals surface area (Å²) in [5.41, 5.74) is 0.612. The van der Waals surface area contributed by atoms with Crippen molar-refractivity contribution in [2.45, 2.75) is 19.4 Å². The van der Waals surface area contributed by atoms with Gasteiger partial charge in [0.2, 0.25) is 0 Å². The Kier molecular flexibility index (Phi) is 5.30. The monoisotopic (exact) mass is 317 g/mol. The van der Waals surface area contributed by atoms with Crippen molar-refractivity contribution in [3.63, 3.8) is 0 Å². The summed E-state index contributed by atoms with van der Waals surface area (Å²) in [6, 6.07) is 11.2. The fourth-order valence-electron chi connectivity index (χ4n) is 1.92. The minimum Gasteiger partial charge on any atom is -0.481 e. The molecule has 0 aliphatic rings.